The molecule has 0 spiro atoms. The molecule has 2 aromatic heterocycles. The molecule has 2 N–H and O–H groups in total. The molecule has 5 nitrogen and oxygen atoms in total. The van der Waals surface area contributed by atoms with E-state index in [0.717, 1.165) is 17.1 Å². The van der Waals surface area contributed by atoms with Crippen LogP contribution in [0.25, 0.3) is 0 Å². The Bertz CT molecular complexity index is 731. The summed E-state index contributed by atoms with van der Waals surface area (Å²) in [5.74, 6) is 1.27. The Morgan fingerprint density at radius 1 is 1.00 bits per heavy atom. The smallest absolute Gasteiger partial charge is 0.229 e. The summed E-state index contributed by atoms with van der Waals surface area (Å²) in [4.78, 5) is 12.7. The lowest BCUT2D eigenvalue weighted by Gasteiger charge is -2.08. The molecule has 0 bridgehead atoms. The molecule has 0 saturated heterocycles. The number of halogens is 1. The van der Waals surface area contributed by atoms with Gasteiger partial charge in [0.1, 0.15) is 5.82 Å². The van der Waals surface area contributed by atoms with Crippen LogP contribution in [-0.4, -0.2) is 15.0 Å². The summed E-state index contributed by atoms with van der Waals surface area (Å²) in [5.41, 5.74) is 1.97. The van der Waals surface area contributed by atoms with Crippen molar-refractivity contribution in [3.8, 4) is 0 Å². The van der Waals surface area contributed by atoms with Crippen LogP contribution in [0.3, 0.4) is 0 Å². The molecule has 0 aliphatic rings. The lowest BCUT2D eigenvalue weighted by atomic mass is 10.3. The van der Waals surface area contributed by atoms with Crippen LogP contribution in [0.5, 0.6) is 0 Å². The van der Waals surface area contributed by atoms with Gasteiger partial charge in [-0.05, 0) is 42.0 Å². The second-order valence-corrected chi connectivity index (χ2v) is 5.05. The van der Waals surface area contributed by atoms with Gasteiger partial charge >= 0.3 is 0 Å². The van der Waals surface area contributed by atoms with Crippen LogP contribution in [0, 0.1) is 0 Å². The van der Waals surface area contributed by atoms with E-state index in [4.69, 9.17) is 11.6 Å². The molecule has 0 fully saturated rings. The highest BCUT2D eigenvalue weighted by atomic mass is 35.5. The highest BCUT2D eigenvalue weighted by molar-refractivity contribution is 6.30. The Morgan fingerprint density at radius 3 is 2.64 bits per heavy atom. The number of benzene rings is 1. The third kappa shape index (κ3) is 3.93. The van der Waals surface area contributed by atoms with E-state index in [0.29, 0.717) is 17.5 Å². The molecule has 0 aliphatic carbocycles. The fraction of sp³-hybridized carbons (Fsp3) is 0.0625. The molecular weight excluding hydrogens is 298 g/mol. The van der Waals surface area contributed by atoms with Gasteiger partial charge in [-0.2, -0.15) is 4.98 Å². The maximum Gasteiger partial charge on any atom is 0.229 e. The fourth-order valence-electron chi connectivity index (χ4n) is 1.88. The molecular formula is C16H14ClN5. The Morgan fingerprint density at radius 2 is 1.86 bits per heavy atom. The first-order valence-corrected chi connectivity index (χ1v) is 7.16. The molecule has 2 heterocycles. The van der Waals surface area contributed by atoms with Crippen molar-refractivity contribution in [1.29, 1.82) is 0 Å². The van der Waals surface area contributed by atoms with Crippen LogP contribution in [0.15, 0.2) is 61.1 Å². The molecule has 22 heavy (non-hydrogen) atoms. The zero-order valence-corrected chi connectivity index (χ0v) is 12.5. The van der Waals surface area contributed by atoms with Crippen LogP contribution in [-0.2, 0) is 6.54 Å². The molecule has 0 radical (unpaired) electrons. The molecule has 110 valence electrons. The van der Waals surface area contributed by atoms with Gasteiger partial charge in [0.2, 0.25) is 5.95 Å². The largest absolute Gasteiger partial charge is 0.366 e. The molecule has 0 saturated carbocycles. The van der Waals surface area contributed by atoms with E-state index in [1.807, 2.05) is 48.7 Å². The zero-order valence-electron chi connectivity index (χ0n) is 11.7. The Kier molecular flexibility index (Phi) is 4.46. The van der Waals surface area contributed by atoms with Crippen LogP contribution in [0.1, 0.15) is 5.56 Å². The van der Waals surface area contributed by atoms with E-state index in [2.05, 4.69) is 25.6 Å². The standard InChI is InChI=1S/C16H14ClN5/c17-13-3-5-14(6-4-13)21-16-19-9-7-15(22-16)20-11-12-2-1-8-18-10-12/h1-10H,11H2,(H2,19,20,21,22). The van der Waals surface area contributed by atoms with E-state index in [9.17, 15) is 0 Å². The maximum absolute atomic E-state index is 5.87. The minimum absolute atomic E-state index is 0.526. The minimum atomic E-state index is 0.526. The molecule has 6 heteroatoms. The molecule has 3 rings (SSSR count). The van der Waals surface area contributed by atoms with Crippen molar-refractivity contribution < 1.29 is 0 Å². The number of aromatic nitrogens is 3. The summed E-state index contributed by atoms with van der Waals surface area (Å²) in [6.07, 6.45) is 5.28. The first-order valence-electron chi connectivity index (χ1n) is 6.78. The van der Waals surface area contributed by atoms with Crippen molar-refractivity contribution in [2.45, 2.75) is 6.54 Å². The third-order valence-corrected chi connectivity index (χ3v) is 3.20. The number of nitrogens with one attached hydrogen (secondary N) is 2. The Hall–Kier alpha value is -2.66. The van der Waals surface area contributed by atoms with Gasteiger partial charge in [-0.3, -0.25) is 4.98 Å². The van der Waals surface area contributed by atoms with Gasteiger partial charge in [0.25, 0.3) is 0 Å². The average molecular weight is 312 g/mol. The first kappa shape index (κ1) is 14.3. The van der Waals surface area contributed by atoms with Crippen molar-refractivity contribution in [1.82, 2.24) is 15.0 Å². The summed E-state index contributed by atoms with van der Waals surface area (Å²) in [5, 5.41) is 7.07. The van der Waals surface area contributed by atoms with E-state index in [-0.39, 0.29) is 0 Å². The van der Waals surface area contributed by atoms with Crippen LogP contribution < -0.4 is 10.6 Å². The molecule has 0 amide bonds. The monoisotopic (exact) mass is 311 g/mol. The third-order valence-electron chi connectivity index (χ3n) is 2.95. The van der Waals surface area contributed by atoms with E-state index in [1.165, 1.54) is 0 Å². The number of nitrogens with zero attached hydrogens (tertiary/aromatic N) is 3. The van der Waals surface area contributed by atoms with Gasteiger partial charge in [0, 0.05) is 35.8 Å². The second-order valence-electron chi connectivity index (χ2n) is 4.61. The second kappa shape index (κ2) is 6.87. The quantitative estimate of drug-likeness (QED) is 0.748. The minimum Gasteiger partial charge on any atom is -0.366 e. The summed E-state index contributed by atoms with van der Waals surface area (Å²) in [6.45, 7) is 0.658. The average Bonchev–Trinajstić information content (AvgIpc) is 2.57. The van der Waals surface area contributed by atoms with Gasteiger partial charge in [-0.1, -0.05) is 17.7 Å². The number of hydrogen-bond donors (Lipinski definition) is 2. The molecule has 3 aromatic rings. The van der Waals surface area contributed by atoms with E-state index in [1.54, 1.807) is 12.4 Å². The maximum atomic E-state index is 5.87. The Labute approximate surface area is 133 Å². The molecule has 1 aromatic carbocycles. The van der Waals surface area contributed by atoms with Gasteiger partial charge in [0.15, 0.2) is 0 Å². The summed E-state index contributed by atoms with van der Waals surface area (Å²) in [7, 11) is 0. The lowest BCUT2D eigenvalue weighted by molar-refractivity contribution is 1.07. The first-order chi connectivity index (χ1) is 10.8. The van der Waals surface area contributed by atoms with Crippen molar-refractivity contribution in [2.75, 3.05) is 10.6 Å². The number of rotatable bonds is 5. The summed E-state index contributed by atoms with van der Waals surface area (Å²) in [6, 6.07) is 13.1. The lowest BCUT2D eigenvalue weighted by Crippen LogP contribution is -2.04. The highest BCUT2D eigenvalue weighted by Crippen LogP contribution is 2.17. The van der Waals surface area contributed by atoms with Crippen molar-refractivity contribution in [3.63, 3.8) is 0 Å². The van der Waals surface area contributed by atoms with Gasteiger partial charge in [-0.15, -0.1) is 0 Å². The predicted molar refractivity (Wildman–Crippen MR) is 88.3 cm³/mol. The van der Waals surface area contributed by atoms with Crippen molar-refractivity contribution >= 4 is 29.1 Å². The van der Waals surface area contributed by atoms with Crippen LogP contribution in [0.4, 0.5) is 17.5 Å². The van der Waals surface area contributed by atoms with Gasteiger partial charge in [-0.25, -0.2) is 4.98 Å². The van der Waals surface area contributed by atoms with E-state index < -0.39 is 0 Å². The Balaban J connectivity index is 1.66. The zero-order chi connectivity index (χ0) is 15.2. The number of pyridine rings is 1. The predicted octanol–water partition coefficient (Wildman–Crippen LogP) is 3.88. The van der Waals surface area contributed by atoms with Crippen LogP contribution >= 0.6 is 11.6 Å². The number of hydrogen-bond acceptors (Lipinski definition) is 5. The normalized spacial score (nSPS) is 10.2. The van der Waals surface area contributed by atoms with E-state index >= 15 is 0 Å². The van der Waals surface area contributed by atoms with Gasteiger partial charge in [0.05, 0.1) is 0 Å². The molecule has 0 unspecified atom stereocenters. The van der Waals surface area contributed by atoms with Crippen LogP contribution in [0.2, 0.25) is 5.02 Å². The molecule has 0 atom stereocenters. The van der Waals surface area contributed by atoms with Crippen molar-refractivity contribution in [2.24, 2.45) is 0 Å². The SMILES string of the molecule is Clc1ccc(Nc2nccc(NCc3cccnc3)n2)cc1. The summed E-state index contributed by atoms with van der Waals surface area (Å²) >= 11 is 5.87. The summed E-state index contributed by atoms with van der Waals surface area (Å²) < 4.78 is 0. The highest BCUT2D eigenvalue weighted by Gasteiger charge is 2.00. The number of anilines is 3. The topological polar surface area (TPSA) is 62.7 Å². The van der Waals surface area contributed by atoms with Crippen molar-refractivity contribution in [3.05, 3.63) is 71.6 Å². The fourth-order valence-corrected chi connectivity index (χ4v) is 2.00. The van der Waals surface area contributed by atoms with Gasteiger partial charge < -0.3 is 10.6 Å². The molecule has 0 aliphatic heterocycles.